The molecule has 3 aromatic rings. The topological polar surface area (TPSA) is 90.0 Å². The zero-order valence-corrected chi connectivity index (χ0v) is 14.5. The van der Waals surface area contributed by atoms with Crippen LogP contribution in [0.3, 0.4) is 0 Å². The van der Waals surface area contributed by atoms with Crippen LogP contribution in [0.5, 0.6) is 0 Å². The molecule has 3 heterocycles. The van der Waals surface area contributed by atoms with Gasteiger partial charge in [-0.15, -0.1) is 0 Å². The summed E-state index contributed by atoms with van der Waals surface area (Å²) in [6, 6.07) is 3.35. The number of nitrogens with zero attached hydrogens (tertiary/aromatic N) is 6. The van der Waals surface area contributed by atoms with E-state index in [4.69, 9.17) is 0 Å². The van der Waals surface area contributed by atoms with Gasteiger partial charge in [-0.1, -0.05) is 13.8 Å². The summed E-state index contributed by atoms with van der Waals surface area (Å²) in [5, 5.41) is 11.5. The molecule has 0 fully saturated rings. The fourth-order valence-corrected chi connectivity index (χ4v) is 2.69. The number of aromatic nitrogens is 6. The fraction of sp³-hybridized carbons (Fsp3) is 0.438. The van der Waals surface area contributed by atoms with Crippen molar-refractivity contribution in [3.05, 3.63) is 41.4 Å². The fourth-order valence-electron chi connectivity index (χ4n) is 2.69. The van der Waals surface area contributed by atoms with E-state index in [1.807, 2.05) is 40.8 Å². The van der Waals surface area contributed by atoms with Gasteiger partial charge >= 0.3 is 0 Å². The normalized spacial score (nSPS) is 12.8. The maximum Gasteiger partial charge on any atom is 0.270 e. The SMILES string of the molecule is Cc1cc2nc(C(=O)NC(c3ncnn3C)C(C)C)cc(C)n2n1. The summed E-state index contributed by atoms with van der Waals surface area (Å²) in [5.41, 5.74) is 2.76. The van der Waals surface area contributed by atoms with Crippen LogP contribution in [-0.2, 0) is 7.05 Å². The van der Waals surface area contributed by atoms with Gasteiger partial charge in [-0.05, 0) is 25.8 Å². The lowest BCUT2D eigenvalue weighted by molar-refractivity contribution is 0.0917. The van der Waals surface area contributed by atoms with E-state index in [1.54, 1.807) is 15.3 Å². The second-order valence-electron chi connectivity index (χ2n) is 6.28. The Labute approximate surface area is 139 Å². The van der Waals surface area contributed by atoms with Crippen LogP contribution in [0, 0.1) is 19.8 Å². The Kier molecular flexibility index (Phi) is 4.04. The van der Waals surface area contributed by atoms with Crippen LogP contribution in [-0.4, -0.2) is 35.3 Å². The Morgan fingerprint density at radius 3 is 2.62 bits per heavy atom. The summed E-state index contributed by atoms with van der Waals surface area (Å²) in [7, 11) is 1.81. The Morgan fingerprint density at radius 1 is 1.25 bits per heavy atom. The van der Waals surface area contributed by atoms with Gasteiger partial charge in [-0.25, -0.2) is 14.5 Å². The van der Waals surface area contributed by atoms with Crippen molar-refractivity contribution in [1.29, 1.82) is 0 Å². The highest BCUT2D eigenvalue weighted by Gasteiger charge is 2.24. The third kappa shape index (κ3) is 2.86. The second kappa shape index (κ2) is 6.03. The molecule has 1 atom stereocenters. The molecule has 0 aliphatic rings. The van der Waals surface area contributed by atoms with Crippen molar-refractivity contribution >= 4 is 11.6 Å². The van der Waals surface area contributed by atoms with Crippen LogP contribution in [0.4, 0.5) is 0 Å². The standard InChI is InChI=1S/C16H21N7O/c1-9(2)14(15-17-8-18-22(15)5)20-16(24)12-7-11(4)23-13(19-12)6-10(3)21-23/h6-9,14H,1-5H3,(H,20,24). The van der Waals surface area contributed by atoms with E-state index in [2.05, 4.69) is 25.5 Å². The maximum atomic E-state index is 12.7. The van der Waals surface area contributed by atoms with Crippen molar-refractivity contribution in [1.82, 2.24) is 34.7 Å². The van der Waals surface area contributed by atoms with E-state index in [9.17, 15) is 4.79 Å². The summed E-state index contributed by atoms with van der Waals surface area (Å²) in [5.74, 6) is 0.649. The predicted molar refractivity (Wildman–Crippen MR) is 88.5 cm³/mol. The molecule has 1 N–H and O–H groups in total. The smallest absolute Gasteiger partial charge is 0.270 e. The van der Waals surface area contributed by atoms with Crippen molar-refractivity contribution in [3.8, 4) is 0 Å². The number of hydrogen-bond acceptors (Lipinski definition) is 5. The Hall–Kier alpha value is -2.77. The lowest BCUT2D eigenvalue weighted by Gasteiger charge is -2.21. The molecule has 0 saturated heterocycles. The van der Waals surface area contributed by atoms with E-state index < -0.39 is 0 Å². The molecule has 0 aliphatic carbocycles. The number of amides is 1. The Bertz CT molecular complexity index is 893. The minimum Gasteiger partial charge on any atom is -0.340 e. The molecule has 0 bridgehead atoms. The van der Waals surface area contributed by atoms with E-state index in [0.717, 1.165) is 17.2 Å². The van der Waals surface area contributed by atoms with E-state index in [1.165, 1.54) is 6.33 Å². The predicted octanol–water partition coefficient (Wildman–Crippen LogP) is 1.60. The van der Waals surface area contributed by atoms with Crippen molar-refractivity contribution < 1.29 is 4.79 Å². The summed E-state index contributed by atoms with van der Waals surface area (Å²) in [6.07, 6.45) is 1.49. The molecule has 24 heavy (non-hydrogen) atoms. The first-order valence-electron chi connectivity index (χ1n) is 7.85. The molecule has 126 valence electrons. The number of carbonyl (C=O) groups is 1. The van der Waals surface area contributed by atoms with Crippen LogP contribution >= 0.6 is 0 Å². The monoisotopic (exact) mass is 327 g/mol. The molecule has 8 heteroatoms. The highest BCUT2D eigenvalue weighted by molar-refractivity contribution is 5.93. The molecule has 3 rings (SSSR count). The van der Waals surface area contributed by atoms with Gasteiger partial charge < -0.3 is 5.32 Å². The molecule has 0 aromatic carbocycles. The highest BCUT2D eigenvalue weighted by Crippen LogP contribution is 2.19. The van der Waals surface area contributed by atoms with Crippen molar-refractivity contribution in [2.24, 2.45) is 13.0 Å². The van der Waals surface area contributed by atoms with Crippen LogP contribution in [0.1, 0.15) is 47.6 Å². The van der Waals surface area contributed by atoms with Crippen LogP contribution < -0.4 is 5.32 Å². The molecule has 8 nitrogen and oxygen atoms in total. The summed E-state index contributed by atoms with van der Waals surface area (Å²) in [4.78, 5) is 21.4. The van der Waals surface area contributed by atoms with E-state index in [-0.39, 0.29) is 17.9 Å². The molecule has 0 spiro atoms. The Morgan fingerprint density at radius 2 is 2.00 bits per heavy atom. The van der Waals surface area contributed by atoms with Gasteiger partial charge in [0.15, 0.2) is 5.65 Å². The zero-order chi connectivity index (χ0) is 17.4. The Balaban J connectivity index is 1.92. The molecule has 0 saturated carbocycles. The molecule has 0 aliphatic heterocycles. The van der Waals surface area contributed by atoms with Crippen LogP contribution in [0.25, 0.3) is 5.65 Å². The van der Waals surface area contributed by atoms with Crippen molar-refractivity contribution in [3.63, 3.8) is 0 Å². The molecule has 3 aromatic heterocycles. The van der Waals surface area contributed by atoms with Gasteiger partial charge in [-0.3, -0.25) is 9.48 Å². The number of aryl methyl sites for hydroxylation is 3. The van der Waals surface area contributed by atoms with Gasteiger partial charge in [0.1, 0.15) is 17.8 Å². The number of fused-ring (bicyclic) bond motifs is 1. The quantitative estimate of drug-likeness (QED) is 0.786. The van der Waals surface area contributed by atoms with E-state index in [0.29, 0.717) is 11.3 Å². The summed E-state index contributed by atoms with van der Waals surface area (Å²) < 4.78 is 3.40. The summed E-state index contributed by atoms with van der Waals surface area (Å²) in [6.45, 7) is 7.86. The lowest BCUT2D eigenvalue weighted by Crippen LogP contribution is -2.34. The third-order valence-corrected chi connectivity index (χ3v) is 3.94. The van der Waals surface area contributed by atoms with Gasteiger partial charge in [0.05, 0.1) is 11.7 Å². The largest absolute Gasteiger partial charge is 0.340 e. The average Bonchev–Trinajstić information content (AvgIpc) is 3.09. The number of hydrogen-bond donors (Lipinski definition) is 1. The molecular formula is C16H21N7O. The van der Waals surface area contributed by atoms with Crippen LogP contribution in [0.2, 0.25) is 0 Å². The molecule has 1 unspecified atom stereocenters. The minimum absolute atomic E-state index is 0.166. The third-order valence-electron chi connectivity index (χ3n) is 3.94. The first kappa shape index (κ1) is 16.1. The number of rotatable bonds is 4. The first-order valence-corrected chi connectivity index (χ1v) is 7.85. The van der Waals surface area contributed by atoms with E-state index >= 15 is 0 Å². The van der Waals surface area contributed by atoms with Gasteiger partial charge in [0.2, 0.25) is 0 Å². The molecular weight excluding hydrogens is 306 g/mol. The first-order chi connectivity index (χ1) is 11.4. The number of carbonyl (C=O) groups excluding carboxylic acids is 1. The van der Waals surface area contributed by atoms with Gasteiger partial charge in [0.25, 0.3) is 5.91 Å². The van der Waals surface area contributed by atoms with Gasteiger partial charge in [-0.2, -0.15) is 10.2 Å². The zero-order valence-electron chi connectivity index (χ0n) is 14.5. The summed E-state index contributed by atoms with van der Waals surface area (Å²) >= 11 is 0. The average molecular weight is 327 g/mol. The lowest BCUT2D eigenvalue weighted by atomic mass is 10.0. The second-order valence-corrected chi connectivity index (χ2v) is 6.28. The van der Waals surface area contributed by atoms with Crippen molar-refractivity contribution in [2.75, 3.05) is 0 Å². The highest BCUT2D eigenvalue weighted by atomic mass is 16.2. The van der Waals surface area contributed by atoms with Crippen LogP contribution in [0.15, 0.2) is 18.5 Å². The van der Waals surface area contributed by atoms with Gasteiger partial charge in [0, 0.05) is 18.8 Å². The molecule has 1 amide bonds. The van der Waals surface area contributed by atoms with Crippen molar-refractivity contribution in [2.45, 2.75) is 33.7 Å². The number of nitrogens with one attached hydrogen (secondary N) is 1. The maximum absolute atomic E-state index is 12.7. The minimum atomic E-state index is -0.241. The molecule has 0 radical (unpaired) electrons.